The molecule has 3 N–H and O–H groups in total. The van der Waals surface area contributed by atoms with Gasteiger partial charge in [-0.05, 0) is 50.2 Å². The van der Waals surface area contributed by atoms with Crippen molar-refractivity contribution in [3.05, 3.63) is 66.0 Å². The van der Waals surface area contributed by atoms with Gasteiger partial charge in [0.15, 0.2) is 4.90 Å². The second-order valence-corrected chi connectivity index (χ2v) is 7.69. The van der Waals surface area contributed by atoms with Crippen molar-refractivity contribution in [1.82, 2.24) is 9.97 Å². The number of anilines is 4. The van der Waals surface area contributed by atoms with Gasteiger partial charge in [0.05, 0.1) is 0 Å². The van der Waals surface area contributed by atoms with Crippen LogP contribution in [0.4, 0.5) is 31.8 Å². The quantitative estimate of drug-likeness (QED) is 0.535. The van der Waals surface area contributed by atoms with Crippen molar-refractivity contribution >= 4 is 33.0 Å². The monoisotopic (exact) mass is 419 g/mol. The van der Waals surface area contributed by atoms with E-state index < -0.39 is 26.6 Å². The van der Waals surface area contributed by atoms with E-state index in [0.717, 1.165) is 18.2 Å². The highest BCUT2D eigenvalue weighted by Gasteiger charge is 2.23. The Hall–Kier alpha value is -3.27. The minimum Gasteiger partial charge on any atom is -0.370 e. The molecular weight excluding hydrogens is 400 g/mol. The summed E-state index contributed by atoms with van der Waals surface area (Å²) in [5.74, 6) is -0.492. The average molecular weight is 419 g/mol. The normalized spacial score (nSPS) is 11.2. The number of nitrogens with zero attached hydrogens (tertiary/aromatic N) is 2. The standard InChI is InChI=1S/C19H19F2N5O2S/c1-3-22-17-11-18(24-12(2)23-17)25-13-7-9-14(10-8-13)26-29(27,28)19-15(20)5-4-6-16(19)21/h4-11,26H,3H2,1-2H3,(H2,22,23,24,25). The summed E-state index contributed by atoms with van der Waals surface area (Å²) in [5.41, 5.74) is 0.802. The molecule has 0 saturated heterocycles. The molecule has 0 saturated carbocycles. The molecule has 0 bridgehead atoms. The topological polar surface area (TPSA) is 96.0 Å². The molecule has 2 aromatic carbocycles. The smallest absolute Gasteiger partial charge is 0.267 e. The molecule has 0 spiro atoms. The number of hydrogen-bond acceptors (Lipinski definition) is 6. The van der Waals surface area contributed by atoms with E-state index in [1.165, 1.54) is 12.1 Å². The van der Waals surface area contributed by atoms with Crippen LogP contribution in [0.15, 0.2) is 53.4 Å². The molecule has 0 amide bonds. The first-order valence-electron chi connectivity index (χ1n) is 8.72. The van der Waals surface area contributed by atoms with E-state index in [4.69, 9.17) is 0 Å². The van der Waals surface area contributed by atoms with Gasteiger partial charge in [-0.25, -0.2) is 27.2 Å². The van der Waals surface area contributed by atoms with Gasteiger partial charge in [-0.15, -0.1) is 0 Å². The van der Waals surface area contributed by atoms with Gasteiger partial charge in [-0.1, -0.05) is 6.07 Å². The SMILES string of the molecule is CCNc1cc(Nc2ccc(NS(=O)(=O)c3c(F)cccc3F)cc2)nc(C)n1. The highest BCUT2D eigenvalue weighted by atomic mass is 32.2. The number of benzene rings is 2. The van der Waals surface area contributed by atoms with Crippen LogP contribution in [-0.2, 0) is 10.0 Å². The lowest BCUT2D eigenvalue weighted by atomic mass is 10.3. The summed E-state index contributed by atoms with van der Waals surface area (Å²) >= 11 is 0. The van der Waals surface area contributed by atoms with Crippen LogP contribution in [0, 0.1) is 18.6 Å². The molecule has 0 atom stereocenters. The van der Waals surface area contributed by atoms with Gasteiger partial charge in [0, 0.05) is 24.0 Å². The Kier molecular flexibility index (Phi) is 5.92. The molecule has 0 aliphatic heterocycles. The number of aromatic nitrogens is 2. The van der Waals surface area contributed by atoms with Crippen LogP contribution in [0.25, 0.3) is 0 Å². The second-order valence-electron chi connectivity index (χ2n) is 6.07. The fraction of sp³-hybridized carbons (Fsp3) is 0.158. The van der Waals surface area contributed by atoms with Crippen molar-refractivity contribution in [2.45, 2.75) is 18.7 Å². The molecule has 0 fully saturated rings. The Labute approximate surface area is 167 Å². The third kappa shape index (κ3) is 4.96. The molecule has 0 radical (unpaired) electrons. The largest absolute Gasteiger partial charge is 0.370 e. The van der Waals surface area contributed by atoms with Gasteiger partial charge in [0.1, 0.15) is 29.1 Å². The average Bonchev–Trinajstić information content (AvgIpc) is 2.62. The van der Waals surface area contributed by atoms with E-state index in [0.29, 0.717) is 29.7 Å². The molecule has 0 unspecified atom stereocenters. The fourth-order valence-electron chi connectivity index (χ4n) is 2.62. The van der Waals surface area contributed by atoms with Crippen LogP contribution in [0.5, 0.6) is 0 Å². The minimum atomic E-state index is -4.41. The number of sulfonamides is 1. The van der Waals surface area contributed by atoms with Crippen LogP contribution in [0.2, 0.25) is 0 Å². The third-order valence-corrected chi connectivity index (χ3v) is 5.22. The minimum absolute atomic E-state index is 0.158. The summed E-state index contributed by atoms with van der Waals surface area (Å²) in [6, 6.07) is 10.8. The third-order valence-electron chi connectivity index (χ3n) is 3.79. The van der Waals surface area contributed by atoms with Crippen LogP contribution >= 0.6 is 0 Å². The van der Waals surface area contributed by atoms with E-state index in [1.807, 2.05) is 6.92 Å². The molecule has 29 heavy (non-hydrogen) atoms. The summed E-state index contributed by atoms with van der Waals surface area (Å²) in [5, 5.41) is 6.20. The molecule has 152 valence electrons. The Morgan fingerprint density at radius 2 is 1.52 bits per heavy atom. The summed E-state index contributed by atoms with van der Waals surface area (Å²) < 4.78 is 54.4. The number of nitrogens with one attached hydrogen (secondary N) is 3. The van der Waals surface area contributed by atoms with Crippen molar-refractivity contribution in [3.8, 4) is 0 Å². The first-order valence-corrected chi connectivity index (χ1v) is 10.2. The van der Waals surface area contributed by atoms with E-state index in [9.17, 15) is 17.2 Å². The Bertz CT molecular complexity index is 1100. The maximum Gasteiger partial charge on any atom is 0.267 e. The zero-order valence-corrected chi connectivity index (χ0v) is 16.5. The molecule has 10 heteroatoms. The number of aryl methyl sites for hydroxylation is 1. The molecule has 0 aliphatic rings. The number of halogens is 2. The molecular formula is C19H19F2N5O2S. The fourth-order valence-corrected chi connectivity index (χ4v) is 3.82. The van der Waals surface area contributed by atoms with Crippen molar-refractivity contribution in [2.75, 3.05) is 21.9 Å². The predicted octanol–water partition coefficient (Wildman–Crippen LogP) is 4.04. The first-order chi connectivity index (χ1) is 13.8. The zero-order chi connectivity index (χ0) is 21.0. The summed E-state index contributed by atoms with van der Waals surface area (Å²) in [6.07, 6.45) is 0. The first kappa shape index (κ1) is 20.5. The summed E-state index contributed by atoms with van der Waals surface area (Å²) in [7, 11) is -4.41. The van der Waals surface area contributed by atoms with Gasteiger partial charge in [-0.2, -0.15) is 0 Å². The summed E-state index contributed by atoms with van der Waals surface area (Å²) in [4.78, 5) is 7.54. The van der Waals surface area contributed by atoms with E-state index >= 15 is 0 Å². The highest BCUT2D eigenvalue weighted by Crippen LogP contribution is 2.24. The number of rotatable bonds is 7. The van der Waals surface area contributed by atoms with Gasteiger partial charge in [-0.3, -0.25) is 4.72 Å². The van der Waals surface area contributed by atoms with Crippen LogP contribution in [0.3, 0.4) is 0 Å². The van der Waals surface area contributed by atoms with Gasteiger partial charge in [0.2, 0.25) is 0 Å². The second kappa shape index (κ2) is 8.39. The lowest BCUT2D eigenvalue weighted by Gasteiger charge is -2.12. The lowest BCUT2D eigenvalue weighted by molar-refractivity contribution is 0.521. The Balaban J connectivity index is 1.77. The number of hydrogen-bond donors (Lipinski definition) is 3. The lowest BCUT2D eigenvalue weighted by Crippen LogP contribution is -2.16. The molecule has 1 aromatic heterocycles. The van der Waals surface area contributed by atoms with Crippen molar-refractivity contribution < 1.29 is 17.2 Å². The zero-order valence-electron chi connectivity index (χ0n) is 15.7. The highest BCUT2D eigenvalue weighted by molar-refractivity contribution is 7.92. The van der Waals surface area contributed by atoms with Crippen molar-refractivity contribution in [1.29, 1.82) is 0 Å². The predicted molar refractivity (Wildman–Crippen MR) is 108 cm³/mol. The Morgan fingerprint density at radius 1 is 0.931 bits per heavy atom. The van der Waals surface area contributed by atoms with E-state index in [1.54, 1.807) is 25.1 Å². The maximum absolute atomic E-state index is 13.8. The maximum atomic E-state index is 13.8. The van der Waals surface area contributed by atoms with Crippen LogP contribution < -0.4 is 15.4 Å². The molecule has 1 heterocycles. The van der Waals surface area contributed by atoms with E-state index in [2.05, 4.69) is 25.3 Å². The molecule has 3 rings (SSSR count). The van der Waals surface area contributed by atoms with Gasteiger partial charge in [0.25, 0.3) is 10.0 Å². The van der Waals surface area contributed by atoms with Crippen molar-refractivity contribution in [3.63, 3.8) is 0 Å². The van der Waals surface area contributed by atoms with Gasteiger partial charge >= 0.3 is 0 Å². The van der Waals surface area contributed by atoms with E-state index in [-0.39, 0.29) is 5.69 Å². The van der Waals surface area contributed by atoms with Gasteiger partial charge < -0.3 is 10.6 Å². The summed E-state index contributed by atoms with van der Waals surface area (Å²) in [6.45, 7) is 4.44. The van der Waals surface area contributed by atoms with Crippen LogP contribution in [-0.4, -0.2) is 24.9 Å². The molecule has 0 aliphatic carbocycles. The molecule has 7 nitrogen and oxygen atoms in total. The molecule has 3 aromatic rings. The van der Waals surface area contributed by atoms with Crippen LogP contribution in [0.1, 0.15) is 12.7 Å². The van der Waals surface area contributed by atoms with Crippen molar-refractivity contribution in [2.24, 2.45) is 0 Å². The Morgan fingerprint density at radius 3 is 2.14 bits per heavy atom.